The van der Waals surface area contributed by atoms with Crippen LogP contribution in [-0.4, -0.2) is 17.1 Å². The zero-order valence-corrected chi connectivity index (χ0v) is 17.6. The highest BCUT2D eigenvalue weighted by Crippen LogP contribution is 2.33. The number of rotatable bonds is 8. The number of primary amides is 1. The van der Waals surface area contributed by atoms with Crippen molar-refractivity contribution >= 4 is 27.7 Å². The standard InChI is InChI=1S/C26H27N2O2/c1-3-5-7-18-12-15-21-24(16-18)28(17-19-10-13-20(14-11-19)30-4-2)23-9-6-8-22(25(21)23)26(27)29/h6,8-14,16H,3-5,7,17H2,1-2H3,(H2,27,29). The number of fused-ring (bicyclic) bond motifs is 3. The van der Waals surface area contributed by atoms with Crippen molar-refractivity contribution < 1.29 is 9.53 Å². The third-order valence-corrected chi connectivity index (χ3v) is 5.51. The fraction of sp³-hybridized carbons (Fsp3) is 0.269. The number of amides is 1. The lowest BCUT2D eigenvalue weighted by atomic mass is 10.0. The van der Waals surface area contributed by atoms with Crippen LogP contribution in [0.5, 0.6) is 5.75 Å². The lowest BCUT2D eigenvalue weighted by molar-refractivity contribution is 0.100. The monoisotopic (exact) mass is 399 g/mol. The number of nitrogens with zero attached hydrogens (tertiary/aromatic N) is 1. The average molecular weight is 400 g/mol. The number of aryl methyl sites for hydroxylation is 1. The van der Waals surface area contributed by atoms with Crippen molar-refractivity contribution in [3.05, 3.63) is 77.4 Å². The Morgan fingerprint density at radius 2 is 1.87 bits per heavy atom. The SMILES string of the molecule is CCCCc1c[c]c2c3c(C(N)=O)cccc3n(Cc3ccc(OCC)cc3)c2c1. The molecule has 1 radical (unpaired) electrons. The molecule has 4 rings (SSSR count). The summed E-state index contributed by atoms with van der Waals surface area (Å²) in [5.41, 5.74) is 10.8. The molecule has 4 nitrogen and oxygen atoms in total. The number of hydrogen-bond donors (Lipinski definition) is 1. The van der Waals surface area contributed by atoms with E-state index in [0.717, 1.165) is 46.8 Å². The van der Waals surface area contributed by atoms with E-state index in [2.05, 4.69) is 47.9 Å². The van der Waals surface area contributed by atoms with E-state index in [1.165, 1.54) is 11.1 Å². The highest BCUT2D eigenvalue weighted by Gasteiger charge is 2.17. The Labute approximate surface area is 177 Å². The maximum atomic E-state index is 12.1. The summed E-state index contributed by atoms with van der Waals surface area (Å²) in [6, 6.07) is 21.7. The van der Waals surface area contributed by atoms with E-state index >= 15 is 0 Å². The summed E-state index contributed by atoms with van der Waals surface area (Å²) in [6.45, 7) is 5.53. The first-order valence-corrected chi connectivity index (χ1v) is 10.6. The Hall–Kier alpha value is -3.27. The van der Waals surface area contributed by atoms with E-state index < -0.39 is 5.91 Å². The van der Waals surface area contributed by atoms with Crippen LogP contribution in [0.15, 0.2) is 54.6 Å². The second kappa shape index (κ2) is 8.62. The van der Waals surface area contributed by atoms with Crippen LogP contribution in [0.1, 0.15) is 48.2 Å². The summed E-state index contributed by atoms with van der Waals surface area (Å²) in [5.74, 6) is 0.457. The maximum absolute atomic E-state index is 12.1. The molecule has 0 unspecified atom stereocenters. The summed E-state index contributed by atoms with van der Waals surface area (Å²) in [4.78, 5) is 12.1. The van der Waals surface area contributed by atoms with Gasteiger partial charge in [-0.3, -0.25) is 4.79 Å². The number of aromatic nitrogens is 1. The van der Waals surface area contributed by atoms with Crippen molar-refractivity contribution in [1.82, 2.24) is 4.57 Å². The lowest BCUT2D eigenvalue weighted by Gasteiger charge is -2.10. The minimum atomic E-state index is -0.413. The minimum Gasteiger partial charge on any atom is -0.494 e. The van der Waals surface area contributed by atoms with Crippen molar-refractivity contribution in [2.24, 2.45) is 5.73 Å². The molecule has 0 aliphatic rings. The number of carbonyl (C=O) groups is 1. The van der Waals surface area contributed by atoms with Gasteiger partial charge in [-0.25, -0.2) is 0 Å². The molecular formula is C26H27N2O2. The third kappa shape index (κ3) is 3.78. The fourth-order valence-corrected chi connectivity index (χ4v) is 4.04. The number of hydrogen-bond acceptors (Lipinski definition) is 2. The van der Waals surface area contributed by atoms with Crippen molar-refractivity contribution in [3.8, 4) is 5.75 Å². The number of unbranched alkanes of at least 4 members (excludes halogenated alkanes) is 1. The second-order valence-electron chi connectivity index (χ2n) is 7.60. The van der Waals surface area contributed by atoms with Crippen LogP contribution in [0.2, 0.25) is 0 Å². The molecule has 0 saturated heterocycles. The van der Waals surface area contributed by atoms with Crippen LogP contribution in [-0.2, 0) is 13.0 Å². The summed E-state index contributed by atoms with van der Waals surface area (Å²) >= 11 is 0. The first kappa shape index (κ1) is 20.0. The van der Waals surface area contributed by atoms with Crippen molar-refractivity contribution in [2.45, 2.75) is 39.7 Å². The Morgan fingerprint density at radius 1 is 1.07 bits per heavy atom. The first-order chi connectivity index (χ1) is 14.6. The third-order valence-electron chi connectivity index (χ3n) is 5.51. The molecule has 0 aliphatic carbocycles. The summed E-state index contributed by atoms with van der Waals surface area (Å²) < 4.78 is 7.83. The average Bonchev–Trinajstić information content (AvgIpc) is 3.07. The number of carbonyl (C=O) groups excluding carboxylic acids is 1. The molecule has 0 aliphatic heterocycles. The van der Waals surface area contributed by atoms with Crippen LogP contribution in [0, 0.1) is 6.07 Å². The molecule has 0 fully saturated rings. The normalized spacial score (nSPS) is 11.3. The van der Waals surface area contributed by atoms with Gasteiger partial charge in [-0.2, -0.15) is 0 Å². The minimum absolute atomic E-state index is 0.413. The zero-order chi connectivity index (χ0) is 21.1. The Bertz CT molecular complexity index is 1190. The van der Waals surface area contributed by atoms with Crippen molar-refractivity contribution in [3.63, 3.8) is 0 Å². The Morgan fingerprint density at radius 3 is 2.57 bits per heavy atom. The molecule has 4 heteroatoms. The lowest BCUT2D eigenvalue weighted by Crippen LogP contribution is -2.11. The smallest absolute Gasteiger partial charge is 0.249 e. The van der Waals surface area contributed by atoms with Crippen LogP contribution in [0.25, 0.3) is 21.8 Å². The molecule has 1 amide bonds. The largest absolute Gasteiger partial charge is 0.494 e. The number of nitrogens with two attached hydrogens (primary N) is 1. The van der Waals surface area contributed by atoms with E-state index in [4.69, 9.17) is 10.5 Å². The van der Waals surface area contributed by atoms with Gasteiger partial charge in [0.2, 0.25) is 5.91 Å². The van der Waals surface area contributed by atoms with E-state index in [1.807, 2.05) is 25.1 Å². The van der Waals surface area contributed by atoms with E-state index in [9.17, 15) is 4.79 Å². The van der Waals surface area contributed by atoms with Gasteiger partial charge in [0.1, 0.15) is 5.75 Å². The van der Waals surface area contributed by atoms with Crippen molar-refractivity contribution in [1.29, 1.82) is 0 Å². The fourth-order valence-electron chi connectivity index (χ4n) is 4.04. The van der Waals surface area contributed by atoms with E-state index in [0.29, 0.717) is 18.7 Å². The van der Waals surface area contributed by atoms with Gasteiger partial charge in [-0.15, -0.1) is 0 Å². The highest BCUT2D eigenvalue weighted by atomic mass is 16.5. The van der Waals surface area contributed by atoms with Crippen LogP contribution in [0.4, 0.5) is 0 Å². The Kier molecular flexibility index (Phi) is 5.75. The quantitative estimate of drug-likeness (QED) is 0.426. The number of ether oxygens (including phenoxy) is 1. The molecule has 2 N–H and O–H groups in total. The van der Waals surface area contributed by atoms with E-state index in [-0.39, 0.29) is 0 Å². The maximum Gasteiger partial charge on any atom is 0.249 e. The van der Waals surface area contributed by atoms with Gasteiger partial charge in [-0.1, -0.05) is 37.6 Å². The Balaban J connectivity index is 1.88. The molecule has 0 saturated carbocycles. The van der Waals surface area contributed by atoms with Gasteiger partial charge < -0.3 is 15.0 Å². The molecule has 1 heterocycles. The topological polar surface area (TPSA) is 57.2 Å². The first-order valence-electron chi connectivity index (χ1n) is 10.6. The van der Waals surface area contributed by atoms with Crippen molar-refractivity contribution in [2.75, 3.05) is 6.61 Å². The van der Waals surface area contributed by atoms with E-state index in [1.54, 1.807) is 6.07 Å². The van der Waals surface area contributed by atoms with Crippen LogP contribution < -0.4 is 10.5 Å². The second-order valence-corrected chi connectivity index (χ2v) is 7.60. The molecule has 0 bridgehead atoms. The number of benzene rings is 3. The van der Waals surface area contributed by atoms with Gasteiger partial charge >= 0.3 is 0 Å². The summed E-state index contributed by atoms with van der Waals surface area (Å²) in [5, 5.41) is 1.83. The molecule has 0 atom stereocenters. The predicted molar refractivity (Wildman–Crippen MR) is 122 cm³/mol. The molecular weight excluding hydrogens is 372 g/mol. The molecule has 1 aromatic heterocycles. The molecule has 30 heavy (non-hydrogen) atoms. The molecule has 3 aromatic carbocycles. The van der Waals surface area contributed by atoms with Gasteiger partial charge in [0, 0.05) is 22.9 Å². The highest BCUT2D eigenvalue weighted by molar-refractivity contribution is 6.17. The molecule has 153 valence electrons. The summed E-state index contributed by atoms with van der Waals surface area (Å²) in [7, 11) is 0. The zero-order valence-electron chi connectivity index (χ0n) is 17.6. The predicted octanol–water partition coefficient (Wildman–Crippen LogP) is 5.48. The molecule has 4 aromatic rings. The van der Waals surface area contributed by atoms with Gasteiger partial charge in [-0.05, 0) is 67.3 Å². The van der Waals surface area contributed by atoms with Gasteiger partial charge in [0.15, 0.2) is 0 Å². The molecule has 0 spiro atoms. The van der Waals surface area contributed by atoms with Gasteiger partial charge in [0.05, 0.1) is 17.6 Å². The van der Waals surface area contributed by atoms with Gasteiger partial charge in [0.25, 0.3) is 0 Å². The van der Waals surface area contributed by atoms with Crippen LogP contribution >= 0.6 is 0 Å². The summed E-state index contributed by atoms with van der Waals surface area (Å²) in [6.07, 6.45) is 3.32. The van der Waals surface area contributed by atoms with Crippen LogP contribution in [0.3, 0.4) is 0 Å².